The van der Waals surface area contributed by atoms with Crippen molar-refractivity contribution < 1.29 is 34.8 Å². The number of ether oxygens (including phenoxy) is 1. The lowest BCUT2D eigenvalue weighted by molar-refractivity contribution is -0.242. The molecule has 0 saturated heterocycles. The van der Waals surface area contributed by atoms with E-state index in [2.05, 4.69) is 47.6 Å². The van der Waals surface area contributed by atoms with E-state index in [1.165, 1.54) is 6.08 Å². The molecule has 0 heterocycles. The van der Waals surface area contributed by atoms with Crippen LogP contribution in [0.15, 0.2) is 42.0 Å². The van der Waals surface area contributed by atoms with Crippen LogP contribution in [0.4, 0.5) is 0 Å². The molecule has 4 N–H and O–H groups in total. The molecule has 0 bridgehead atoms. The number of aromatic hydroxyl groups is 1. The quantitative estimate of drug-likeness (QED) is 0.158. The number of carboxylic acid groups (broad SMARTS) is 1. The van der Waals surface area contributed by atoms with E-state index in [9.17, 15) is 30.0 Å². The number of phenolic OH excluding ortho intramolecular Hbond substituents is 1. The van der Waals surface area contributed by atoms with Crippen LogP contribution in [-0.4, -0.2) is 50.2 Å². The number of rotatable bonds is 4. The third-order valence-corrected chi connectivity index (χ3v) is 14.9. The molecular formula is C39H54O7. The number of aliphatic carboxylic acids is 1. The van der Waals surface area contributed by atoms with Crippen LogP contribution in [0.3, 0.4) is 0 Å². The van der Waals surface area contributed by atoms with Crippen LogP contribution in [-0.2, 0) is 14.3 Å². The molecule has 1 aromatic carbocycles. The summed E-state index contributed by atoms with van der Waals surface area (Å²) in [5.74, 6) is -1.07. The summed E-state index contributed by atoms with van der Waals surface area (Å²) in [6.07, 6.45) is 9.72. The van der Waals surface area contributed by atoms with Crippen LogP contribution in [0.5, 0.6) is 5.75 Å². The average Bonchev–Trinajstić information content (AvgIpc) is 2.97. The van der Waals surface area contributed by atoms with Gasteiger partial charge >= 0.3 is 11.9 Å². The second kappa shape index (κ2) is 10.7. The molecule has 0 radical (unpaired) electrons. The predicted molar refractivity (Wildman–Crippen MR) is 176 cm³/mol. The molecule has 0 aromatic heterocycles. The van der Waals surface area contributed by atoms with Gasteiger partial charge in [-0.15, -0.1) is 0 Å². The number of esters is 1. The van der Waals surface area contributed by atoms with Gasteiger partial charge in [-0.05, 0) is 116 Å². The van der Waals surface area contributed by atoms with Gasteiger partial charge in [0, 0.05) is 17.4 Å². The summed E-state index contributed by atoms with van der Waals surface area (Å²) >= 11 is 0. The number of carbonyl (C=O) groups excluding carboxylic acids is 1. The standard InChI is InChI=1S/C39H54O7/c1-23-16-19-39(33(43)44)21-20-36(5)26(31(39)38(23,7)45)13-14-29-35(4)22-27(41)32(34(2,3)28(35)17-18-37(29,36)6)46-30(42)15-10-24-8-11-25(40)12-9-24/h8-13,15,23,27-29,31-32,40-41,45H,14,16-22H2,1-7H3,(H,43,44)/b15-10+/t23-,27-,28?,29?,31-,32+,35+,36-,37-,38-,39+/m1/s1. The van der Waals surface area contributed by atoms with E-state index < -0.39 is 46.5 Å². The number of aliphatic hydroxyl groups is 2. The molecule has 46 heavy (non-hydrogen) atoms. The number of carbonyl (C=O) groups is 2. The Morgan fingerprint density at radius 1 is 0.935 bits per heavy atom. The minimum atomic E-state index is -1.11. The molecule has 4 saturated carbocycles. The van der Waals surface area contributed by atoms with E-state index in [1.807, 2.05) is 6.92 Å². The van der Waals surface area contributed by atoms with Crippen molar-refractivity contribution in [2.24, 2.45) is 50.7 Å². The molecule has 5 aliphatic rings. The Balaban J connectivity index is 1.31. The number of phenols is 1. The van der Waals surface area contributed by atoms with E-state index in [0.29, 0.717) is 25.7 Å². The van der Waals surface area contributed by atoms with E-state index in [0.717, 1.165) is 36.8 Å². The lowest BCUT2D eigenvalue weighted by atomic mass is 9.33. The third-order valence-electron chi connectivity index (χ3n) is 14.9. The minimum Gasteiger partial charge on any atom is -0.508 e. The molecule has 252 valence electrons. The first kappa shape index (κ1) is 33.3. The smallest absolute Gasteiger partial charge is 0.331 e. The summed E-state index contributed by atoms with van der Waals surface area (Å²) in [6.45, 7) is 15.3. The number of fused-ring (bicyclic) bond motifs is 7. The Hall–Kier alpha value is -2.64. The summed E-state index contributed by atoms with van der Waals surface area (Å²) in [4.78, 5) is 26.0. The lowest BCUT2D eigenvalue weighted by Crippen LogP contribution is -2.69. The Bertz CT molecular complexity index is 1460. The first-order valence-corrected chi connectivity index (χ1v) is 17.4. The molecule has 1 aromatic rings. The van der Waals surface area contributed by atoms with Crippen molar-refractivity contribution >= 4 is 18.0 Å². The first-order chi connectivity index (χ1) is 21.3. The molecule has 5 aliphatic carbocycles. The maximum atomic E-state index is 13.0. The number of benzene rings is 1. The third kappa shape index (κ3) is 4.50. The topological polar surface area (TPSA) is 124 Å². The van der Waals surface area contributed by atoms with Crippen LogP contribution >= 0.6 is 0 Å². The molecule has 4 fully saturated rings. The van der Waals surface area contributed by atoms with Gasteiger partial charge in [0.1, 0.15) is 11.9 Å². The van der Waals surface area contributed by atoms with Crippen LogP contribution in [0.1, 0.15) is 105 Å². The first-order valence-electron chi connectivity index (χ1n) is 17.4. The lowest BCUT2D eigenvalue weighted by Gasteiger charge is -2.72. The molecule has 11 atom stereocenters. The van der Waals surface area contributed by atoms with Crippen LogP contribution < -0.4 is 0 Å². The summed E-state index contributed by atoms with van der Waals surface area (Å²) in [5.41, 5.74) is -1.25. The number of hydrogen-bond acceptors (Lipinski definition) is 6. The highest BCUT2D eigenvalue weighted by molar-refractivity contribution is 5.87. The molecule has 0 spiro atoms. The highest BCUT2D eigenvalue weighted by atomic mass is 16.6. The number of allylic oxidation sites excluding steroid dienone is 1. The van der Waals surface area contributed by atoms with E-state index in [4.69, 9.17) is 4.74 Å². The second-order valence-electron chi connectivity index (χ2n) is 17.2. The highest BCUT2D eigenvalue weighted by Gasteiger charge is 2.72. The van der Waals surface area contributed by atoms with Crippen molar-refractivity contribution in [3.8, 4) is 5.75 Å². The SMILES string of the molecule is C[C@@H]1CC[C@]2(C(=O)O)CC[C@]3(C)C(=CCC4[C@@]5(C)C[C@@H](O)[C@H](OC(=O)/C=C/c6ccc(O)cc6)C(C)(C)C5CC[C@]43C)[C@@H]2[C@]1(C)O. The van der Waals surface area contributed by atoms with Gasteiger partial charge < -0.3 is 25.2 Å². The van der Waals surface area contributed by atoms with Crippen molar-refractivity contribution in [2.75, 3.05) is 0 Å². The molecule has 7 heteroatoms. The number of carboxylic acids is 1. The second-order valence-corrected chi connectivity index (χ2v) is 17.2. The van der Waals surface area contributed by atoms with Gasteiger partial charge in [0.15, 0.2) is 0 Å². The van der Waals surface area contributed by atoms with Crippen molar-refractivity contribution in [3.05, 3.63) is 47.6 Å². The fraction of sp³-hybridized carbons (Fsp3) is 0.692. The van der Waals surface area contributed by atoms with Crippen molar-refractivity contribution in [1.29, 1.82) is 0 Å². The van der Waals surface area contributed by atoms with Gasteiger partial charge in [-0.3, -0.25) is 4.79 Å². The average molecular weight is 635 g/mol. The number of aliphatic hydroxyl groups excluding tert-OH is 1. The largest absolute Gasteiger partial charge is 0.508 e. The normalized spacial score (nSPS) is 46.2. The van der Waals surface area contributed by atoms with Gasteiger partial charge in [-0.2, -0.15) is 0 Å². The molecule has 0 amide bonds. The van der Waals surface area contributed by atoms with Gasteiger partial charge in [-0.1, -0.05) is 65.3 Å². The molecule has 2 unspecified atom stereocenters. The summed E-state index contributed by atoms with van der Waals surface area (Å²) in [7, 11) is 0. The zero-order valence-electron chi connectivity index (χ0n) is 28.7. The van der Waals surface area contributed by atoms with Crippen molar-refractivity contribution in [1.82, 2.24) is 0 Å². The van der Waals surface area contributed by atoms with Gasteiger partial charge in [-0.25, -0.2) is 4.79 Å². The van der Waals surface area contributed by atoms with E-state index in [-0.39, 0.29) is 39.7 Å². The maximum Gasteiger partial charge on any atom is 0.331 e. The fourth-order valence-electron chi connectivity index (χ4n) is 12.1. The van der Waals surface area contributed by atoms with Crippen molar-refractivity contribution in [2.45, 2.75) is 118 Å². The Kier molecular flexibility index (Phi) is 7.73. The highest BCUT2D eigenvalue weighted by Crippen LogP contribution is 2.76. The fourth-order valence-corrected chi connectivity index (χ4v) is 12.1. The molecule has 0 aliphatic heterocycles. The Morgan fingerprint density at radius 2 is 1.61 bits per heavy atom. The zero-order chi connectivity index (χ0) is 33.7. The Morgan fingerprint density at radius 3 is 2.26 bits per heavy atom. The van der Waals surface area contributed by atoms with Crippen LogP contribution in [0, 0.1) is 50.7 Å². The molecular weight excluding hydrogens is 580 g/mol. The van der Waals surface area contributed by atoms with E-state index >= 15 is 0 Å². The van der Waals surface area contributed by atoms with Gasteiger partial charge in [0.25, 0.3) is 0 Å². The predicted octanol–water partition coefficient (Wildman–Crippen LogP) is 7.15. The number of hydrogen-bond donors (Lipinski definition) is 4. The molecule has 6 rings (SSSR count). The van der Waals surface area contributed by atoms with Crippen LogP contribution in [0.25, 0.3) is 6.08 Å². The summed E-state index contributed by atoms with van der Waals surface area (Å²) in [5, 5.41) is 44.0. The molecule has 7 nitrogen and oxygen atoms in total. The van der Waals surface area contributed by atoms with Gasteiger partial charge in [0.05, 0.1) is 17.1 Å². The zero-order valence-corrected chi connectivity index (χ0v) is 28.7. The van der Waals surface area contributed by atoms with Gasteiger partial charge in [0.2, 0.25) is 0 Å². The minimum absolute atomic E-state index is 0.0110. The summed E-state index contributed by atoms with van der Waals surface area (Å²) in [6, 6.07) is 6.57. The van der Waals surface area contributed by atoms with Crippen LogP contribution in [0.2, 0.25) is 0 Å². The maximum absolute atomic E-state index is 13.0. The summed E-state index contributed by atoms with van der Waals surface area (Å²) < 4.78 is 6.03. The Labute approximate surface area is 274 Å². The monoisotopic (exact) mass is 634 g/mol. The van der Waals surface area contributed by atoms with E-state index in [1.54, 1.807) is 30.3 Å². The van der Waals surface area contributed by atoms with Crippen molar-refractivity contribution in [3.63, 3.8) is 0 Å².